The summed E-state index contributed by atoms with van der Waals surface area (Å²) in [4.78, 5) is 0. The number of hydrogen-bond donors (Lipinski definition) is 2. The Bertz CT molecular complexity index is 134. The van der Waals surface area contributed by atoms with Crippen LogP contribution in [0.1, 0.15) is 13.3 Å². The molecule has 1 aliphatic heterocycles. The van der Waals surface area contributed by atoms with Crippen molar-refractivity contribution in [2.75, 3.05) is 19.8 Å². The summed E-state index contributed by atoms with van der Waals surface area (Å²) in [5.41, 5.74) is 0. The van der Waals surface area contributed by atoms with E-state index in [1.54, 1.807) is 0 Å². The highest BCUT2D eigenvalue weighted by molar-refractivity contribution is 4.79. The SMILES string of the molecule is CC1OCCC1NCC(O)CF. The molecule has 3 atom stereocenters. The highest BCUT2D eigenvalue weighted by atomic mass is 19.1. The Labute approximate surface area is 71.9 Å². The van der Waals surface area contributed by atoms with Crippen molar-refractivity contribution in [3.63, 3.8) is 0 Å². The van der Waals surface area contributed by atoms with Gasteiger partial charge in [0.1, 0.15) is 6.67 Å². The zero-order valence-electron chi connectivity index (χ0n) is 7.29. The molecule has 1 rings (SSSR count). The number of aliphatic hydroxyl groups excluding tert-OH is 1. The topological polar surface area (TPSA) is 41.5 Å². The first-order valence-corrected chi connectivity index (χ1v) is 4.33. The predicted octanol–water partition coefficient (Wildman–Crippen LogP) is 0.0838. The van der Waals surface area contributed by atoms with Crippen LogP contribution in [0.3, 0.4) is 0 Å². The maximum Gasteiger partial charge on any atom is 0.117 e. The molecule has 0 radical (unpaired) electrons. The molecule has 0 aromatic carbocycles. The standard InChI is InChI=1S/C8H16FNO2/c1-6-8(2-3-12-6)10-5-7(11)4-9/h6-8,10-11H,2-5H2,1H3. The van der Waals surface area contributed by atoms with Crippen molar-refractivity contribution in [2.45, 2.75) is 31.6 Å². The Morgan fingerprint density at radius 2 is 2.50 bits per heavy atom. The molecule has 0 aromatic heterocycles. The van der Waals surface area contributed by atoms with Gasteiger partial charge in [0.25, 0.3) is 0 Å². The number of rotatable bonds is 4. The minimum absolute atomic E-state index is 0.178. The fraction of sp³-hybridized carbons (Fsp3) is 1.00. The highest BCUT2D eigenvalue weighted by Gasteiger charge is 2.23. The zero-order chi connectivity index (χ0) is 8.97. The van der Waals surface area contributed by atoms with E-state index in [9.17, 15) is 4.39 Å². The smallest absolute Gasteiger partial charge is 0.117 e. The average Bonchev–Trinajstić information content (AvgIpc) is 2.47. The van der Waals surface area contributed by atoms with E-state index >= 15 is 0 Å². The molecule has 1 aliphatic rings. The molecule has 0 saturated carbocycles. The summed E-state index contributed by atoms with van der Waals surface area (Å²) in [7, 11) is 0. The maximum atomic E-state index is 11.8. The highest BCUT2D eigenvalue weighted by Crippen LogP contribution is 2.12. The molecule has 0 spiro atoms. The Morgan fingerprint density at radius 1 is 1.75 bits per heavy atom. The van der Waals surface area contributed by atoms with Gasteiger partial charge in [0.15, 0.2) is 0 Å². The quantitative estimate of drug-likeness (QED) is 0.639. The third-order valence-corrected chi connectivity index (χ3v) is 2.17. The Morgan fingerprint density at radius 3 is 3.00 bits per heavy atom. The molecule has 0 aromatic rings. The Hall–Kier alpha value is -0.190. The van der Waals surface area contributed by atoms with Crippen LogP contribution in [0.2, 0.25) is 0 Å². The number of alkyl halides is 1. The monoisotopic (exact) mass is 177 g/mol. The summed E-state index contributed by atoms with van der Waals surface area (Å²) < 4.78 is 17.1. The summed E-state index contributed by atoms with van der Waals surface area (Å²) in [6.07, 6.45) is 0.245. The van der Waals surface area contributed by atoms with Gasteiger partial charge in [-0.3, -0.25) is 0 Å². The molecule has 3 nitrogen and oxygen atoms in total. The van der Waals surface area contributed by atoms with E-state index in [-0.39, 0.29) is 12.1 Å². The van der Waals surface area contributed by atoms with Crippen molar-refractivity contribution >= 4 is 0 Å². The first-order valence-electron chi connectivity index (χ1n) is 4.33. The molecule has 0 bridgehead atoms. The fourth-order valence-electron chi connectivity index (χ4n) is 1.34. The van der Waals surface area contributed by atoms with Crippen molar-refractivity contribution in [1.82, 2.24) is 5.32 Å². The molecule has 0 aliphatic carbocycles. The molecule has 12 heavy (non-hydrogen) atoms. The third-order valence-electron chi connectivity index (χ3n) is 2.17. The van der Waals surface area contributed by atoms with Crippen LogP contribution < -0.4 is 5.32 Å². The lowest BCUT2D eigenvalue weighted by Crippen LogP contribution is -2.40. The van der Waals surface area contributed by atoms with Gasteiger partial charge in [-0.2, -0.15) is 0 Å². The van der Waals surface area contributed by atoms with Gasteiger partial charge >= 0.3 is 0 Å². The summed E-state index contributed by atoms with van der Waals surface area (Å²) >= 11 is 0. The van der Waals surface area contributed by atoms with Gasteiger partial charge < -0.3 is 15.2 Å². The van der Waals surface area contributed by atoms with Crippen LogP contribution in [0, 0.1) is 0 Å². The lowest BCUT2D eigenvalue weighted by Gasteiger charge is -2.17. The van der Waals surface area contributed by atoms with Crippen LogP contribution in [-0.2, 0) is 4.74 Å². The Balaban J connectivity index is 2.13. The van der Waals surface area contributed by atoms with E-state index in [0.29, 0.717) is 6.54 Å². The number of halogens is 1. The van der Waals surface area contributed by atoms with Crippen LogP contribution in [0.4, 0.5) is 4.39 Å². The second kappa shape index (κ2) is 4.74. The lowest BCUT2D eigenvalue weighted by atomic mass is 10.1. The van der Waals surface area contributed by atoms with E-state index in [1.165, 1.54) is 0 Å². The van der Waals surface area contributed by atoms with Gasteiger partial charge in [0.05, 0.1) is 12.2 Å². The predicted molar refractivity (Wildman–Crippen MR) is 43.8 cm³/mol. The van der Waals surface area contributed by atoms with Crippen LogP contribution >= 0.6 is 0 Å². The second-order valence-electron chi connectivity index (χ2n) is 3.19. The van der Waals surface area contributed by atoms with Gasteiger partial charge in [-0.1, -0.05) is 0 Å². The molecule has 0 amide bonds. The fourth-order valence-corrected chi connectivity index (χ4v) is 1.34. The first-order chi connectivity index (χ1) is 5.74. The van der Waals surface area contributed by atoms with E-state index in [2.05, 4.69) is 5.32 Å². The molecule has 1 heterocycles. The summed E-state index contributed by atoms with van der Waals surface area (Å²) in [6.45, 7) is 2.36. The molecule has 2 N–H and O–H groups in total. The zero-order valence-corrected chi connectivity index (χ0v) is 7.29. The summed E-state index contributed by atoms with van der Waals surface area (Å²) in [5.74, 6) is 0. The number of aliphatic hydroxyl groups is 1. The molecule has 1 fully saturated rings. The minimum atomic E-state index is -0.877. The van der Waals surface area contributed by atoms with Crippen LogP contribution in [0.15, 0.2) is 0 Å². The van der Waals surface area contributed by atoms with Gasteiger partial charge in [-0.05, 0) is 13.3 Å². The first kappa shape index (κ1) is 9.89. The van der Waals surface area contributed by atoms with Crippen molar-refractivity contribution in [1.29, 1.82) is 0 Å². The maximum absolute atomic E-state index is 11.8. The van der Waals surface area contributed by atoms with Crippen LogP contribution in [0.25, 0.3) is 0 Å². The summed E-state index contributed by atoms with van der Waals surface area (Å²) in [5, 5.41) is 12.0. The van der Waals surface area contributed by atoms with Crippen molar-refractivity contribution in [3.05, 3.63) is 0 Å². The normalized spacial score (nSPS) is 32.2. The summed E-state index contributed by atoms with van der Waals surface area (Å²) in [6, 6.07) is 0.270. The minimum Gasteiger partial charge on any atom is -0.389 e. The largest absolute Gasteiger partial charge is 0.389 e. The number of hydrogen-bond acceptors (Lipinski definition) is 3. The van der Waals surface area contributed by atoms with E-state index in [1.807, 2.05) is 6.92 Å². The van der Waals surface area contributed by atoms with E-state index in [0.717, 1.165) is 13.0 Å². The lowest BCUT2D eigenvalue weighted by molar-refractivity contribution is 0.102. The molecule has 1 saturated heterocycles. The molecule has 72 valence electrons. The third kappa shape index (κ3) is 2.69. The van der Waals surface area contributed by atoms with Crippen LogP contribution in [0.5, 0.6) is 0 Å². The molecule has 3 unspecified atom stereocenters. The van der Waals surface area contributed by atoms with Crippen LogP contribution in [-0.4, -0.2) is 43.2 Å². The number of ether oxygens (including phenoxy) is 1. The van der Waals surface area contributed by atoms with E-state index < -0.39 is 12.8 Å². The van der Waals surface area contributed by atoms with Gasteiger partial charge in [-0.25, -0.2) is 4.39 Å². The van der Waals surface area contributed by atoms with E-state index in [4.69, 9.17) is 9.84 Å². The number of nitrogens with one attached hydrogen (secondary N) is 1. The Kier molecular flexibility index (Phi) is 3.91. The molecular formula is C8H16FNO2. The van der Waals surface area contributed by atoms with Gasteiger partial charge in [0.2, 0.25) is 0 Å². The van der Waals surface area contributed by atoms with Gasteiger partial charge in [-0.15, -0.1) is 0 Å². The molecule has 4 heteroatoms. The van der Waals surface area contributed by atoms with Crippen molar-refractivity contribution in [3.8, 4) is 0 Å². The second-order valence-corrected chi connectivity index (χ2v) is 3.19. The van der Waals surface area contributed by atoms with Crippen molar-refractivity contribution < 1.29 is 14.2 Å². The van der Waals surface area contributed by atoms with Gasteiger partial charge in [0, 0.05) is 19.2 Å². The van der Waals surface area contributed by atoms with Crippen molar-refractivity contribution in [2.24, 2.45) is 0 Å². The molecular weight excluding hydrogens is 161 g/mol. The average molecular weight is 177 g/mol.